The molecule has 0 aromatic carbocycles. The number of primary amides is 1. The lowest BCUT2D eigenvalue weighted by atomic mass is 9.92. The highest BCUT2D eigenvalue weighted by Gasteiger charge is 2.37. The van der Waals surface area contributed by atoms with Crippen molar-refractivity contribution in [2.45, 2.75) is 25.2 Å². The van der Waals surface area contributed by atoms with Crippen LogP contribution in [0.1, 0.15) is 27.2 Å². The highest BCUT2D eigenvalue weighted by molar-refractivity contribution is 7.16. The minimum atomic E-state index is -2.68. The smallest absolute Gasteiger partial charge is 0.253 e. The van der Waals surface area contributed by atoms with Gasteiger partial charge < -0.3 is 11.5 Å². The molecule has 1 aromatic rings. The zero-order valence-electron chi connectivity index (χ0n) is 7.85. The standard InChI is InChI=1S/C9H10F2N2OS/c10-9(11)2-1-4-5(3-9)15-8(13)6(4)7(12)14/h1-3,13H2,(H2,12,14). The largest absolute Gasteiger partial charge is 0.390 e. The normalized spacial score (nSPS) is 18.5. The average Bonchev–Trinajstić information content (AvgIpc) is 2.37. The van der Waals surface area contributed by atoms with Crippen molar-refractivity contribution in [2.24, 2.45) is 5.73 Å². The first kappa shape index (κ1) is 10.4. The van der Waals surface area contributed by atoms with E-state index in [9.17, 15) is 13.6 Å². The number of nitrogens with two attached hydrogens (primary N) is 2. The summed E-state index contributed by atoms with van der Waals surface area (Å²) in [5, 5.41) is 0.255. The zero-order chi connectivity index (χ0) is 11.2. The van der Waals surface area contributed by atoms with E-state index < -0.39 is 11.8 Å². The molecule has 2 rings (SSSR count). The molecule has 0 fully saturated rings. The van der Waals surface area contributed by atoms with Gasteiger partial charge in [-0.25, -0.2) is 8.78 Å². The van der Waals surface area contributed by atoms with E-state index >= 15 is 0 Å². The maximum Gasteiger partial charge on any atom is 0.253 e. The average molecular weight is 232 g/mol. The zero-order valence-corrected chi connectivity index (χ0v) is 8.66. The highest BCUT2D eigenvalue weighted by atomic mass is 32.1. The van der Waals surface area contributed by atoms with Crippen LogP contribution in [0, 0.1) is 0 Å². The minimum absolute atomic E-state index is 0.175. The first-order valence-corrected chi connectivity index (χ1v) is 5.30. The molecule has 4 N–H and O–H groups in total. The first-order valence-electron chi connectivity index (χ1n) is 4.48. The van der Waals surface area contributed by atoms with E-state index in [1.807, 2.05) is 0 Å². The number of hydrogen-bond donors (Lipinski definition) is 2. The van der Waals surface area contributed by atoms with Crippen LogP contribution in [0.15, 0.2) is 0 Å². The number of nitrogen functional groups attached to an aromatic ring is 1. The van der Waals surface area contributed by atoms with E-state index in [-0.39, 0.29) is 29.8 Å². The number of anilines is 1. The van der Waals surface area contributed by atoms with Gasteiger partial charge in [-0.2, -0.15) is 0 Å². The molecule has 82 valence electrons. The Morgan fingerprint density at radius 2 is 2.13 bits per heavy atom. The fourth-order valence-corrected chi connectivity index (χ4v) is 3.04. The van der Waals surface area contributed by atoms with Crippen LogP contribution in [0.5, 0.6) is 0 Å². The topological polar surface area (TPSA) is 69.1 Å². The van der Waals surface area contributed by atoms with Crippen LogP contribution in [0.3, 0.4) is 0 Å². The summed E-state index contributed by atoms with van der Waals surface area (Å²) in [5.74, 6) is -3.31. The summed E-state index contributed by atoms with van der Waals surface area (Å²) in [4.78, 5) is 11.6. The van der Waals surface area contributed by atoms with Gasteiger partial charge in [0.05, 0.1) is 10.6 Å². The van der Waals surface area contributed by atoms with Gasteiger partial charge in [-0.15, -0.1) is 11.3 Å². The van der Waals surface area contributed by atoms with E-state index in [1.165, 1.54) is 0 Å². The second-order valence-corrected chi connectivity index (χ2v) is 4.78. The van der Waals surface area contributed by atoms with Gasteiger partial charge >= 0.3 is 0 Å². The van der Waals surface area contributed by atoms with Crippen molar-refractivity contribution in [3.63, 3.8) is 0 Å². The molecular formula is C9H10F2N2OS. The molecule has 0 bridgehead atoms. The fraction of sp³-hybridized carbons (Fsp3) is 0.444. The Morgan fingerprint density at radius 3 is 2.73 bits per heavy atom. The number of hydrogen-bond acceptors (Lipinski definition) is 3. The Hall–Kier alpha value is -1.17. The Morgan fingerprint density at radius 1 is 1.47 bits per heavy atom. The van der Waals surface area contributed by atoms with Gasteiger partial charge in [0.2, 0.25) is 0 Å². The molecule has 1 amide bonds. The molecule has 1 aliphatic carbocycles. The predicted octanol–water partition coefficient (Wildman–Crippen LogP) is 1.55. The molecule has 0 aliphatic heterocycles. The Labute approximate surface area is 89.1 Å². The van der Waals surface area contributed by atoms with Crippen molar-refractivity contribution in [3.8, 4) is 0 Å². The molecule has 3 nitrogen and oxygen atoms in total. The molecule has 1 heterocycles. The molecule has 0 spiro atoms. The van der Waals surface area contributed by atoms with Crippen molar-refractivity contribution in [1.82, 2.24) is 0 Å². The van der Waals surface area contributed by atoms with E-state index in [1.54, 1.807) is 0 Å². The number of alkyl halides is 2. The van der Waals surface area contributed by atoms with Gasteiger partial charge in [0, 0.05) is 17.7 Å². The van der Waals surface area contributed by atoms with Crippen molar-refractivity contribution < 1.29 is 13.6 Å². The van der Waals surface area contributed by atoms with Gasteiger partial charge in [-0.05, 0) is 12.0 Å². The number of carbonyl (C=O) groups excluding carboxylic acids is 1. The summed E-state index contributed by atoms with van der Waals surface area (Å²) >= 11 is 1.04. The van der Waals surface area contributed by atoms with Gasteiger partial charge in [0.25, 0.3) is 11.8 Å². The van der Waals surface area contributed by atoms with Gasteiger partial charge in [-0.1, -0.05) is 0 Å². The van der Waals surface area contributed by atoms with Crippen LogP contribution < -0.4 is 11.5 Å². The third-order valence-electron chi connectivity index (χ3n) is 2.52. The lowest BCUT2D eigenvalue weighted by Crippen LogP contribution is -2.26. The third-order valence-corrected chi connectivity index (χ3v) is 3.59. The molecule has 6 heteroatoms. The first-order chi connectivity index (χ1) is 6.91. The summed E-state index contributed by atoms with van der Waals surface area (Å²) in [6.45, 7) is 0. The van der Waals surface area contributed by atoms with Crippen LogP contribution >= 0.6 is 11.3 Å². The van der Waals surface area contributed by atoms with Gasteiger partial charge in [0.15, 0.2) is 0 Å². The number of halogens is 2. The number of rotatable bonds is 1. The molecule has 0 unspecified atom stereocenters. The fourth-order valence-electron chi connectivity index (χ4n) is 1.84. The second-order valence-electron chi connectivity index (χ2n) is 3.64. The Balaban J connectivity index is 2.48. The van der Waals surface area contributed by atoms with Crippen LogP contribution in [-0.2, 0) is 12.8 Å². The Kier molecular flexibility index (Phi) is 2.18. The maximum atomic E-state index is 13.1. The minimum Gasteiger partial charge on any atom is -0.390 e. The third kappa shape index (κ3) is 1.69. The van der Waals surface area contributed by atoms with Crippen molar-refractivity contribution in [2.75, 3.05) is 5.73 Å². The van der Waals surface area contributed by atoms with Crippen molar-refractivity contribution in [1.29, 1.82) is 0 Å². The quantitative estimate of drug-likeness (QED) is 0.771. The Bertz CT molecular complexity index is 428. The number of carbonyl (C=O) groups is 1. The second kappa shape index (κ2) is 3.16. The number of fused-ring (bicyclic) bond motifs is 1. The number of thiophene rings is 1. The van der Waals surface area contributed by atoms with E-state index in [0.717, 1.165) is 11.3 Å². The molecule has 0 atom stereocenters. The molecule has 15 heavy (non-hydrogen) atoms. The van der Waals surface area contributed by atoms with Crippen LogP contribution in [0.25, 0.3) is 0 Å². The van der Waals surface area contributed by atoms with Crippen LogP contribution in [0.4, 0.5) is 13.8 Å². The van der Waals surface area contributed by atoms with Crippen molar-refractivity contribution >= 4 is 22.2 Å². The highest BCUT2D eigenvalue weighted by Crippen LogP contribution is 2.41. The molecule has 1 aliphatic rings. The summed E-state index contributed by atoms with van der Waals surface area (Å²) in [6.07, 6.45) is -0.394. The summed E-state index contributed by atoms with van der Waals surface area (Å²) in [7, 11) is 0. The molecule has 0 radical (unpaired) electrons. The molecule has 0 saturated carbocycles. The maximum absolute atomic E-state index is 13.1. The molecule has 1 aromatic heterocycles. The summed E-state index contributed by atoms with van der Waals surface area (Å²) in [5.41, 5.74) is 11.6. The van der Waals surface area contributed by atoms with Gasteiger partial charge in [0.1, 0.15) is 0 Å². The molecule has 0 saturated heterocycles. The monoisotopic (exact) mass is 232 g/mol. The lowest BCUT2D eigenvalue weighted by molar-refractivity contribution is -0.0112. The van der Waals surface area contributed by atoms with Gasteiger partial charge in [-0.3, -0.25) is 4.79 Å². The van der Waals surface area contributed by atoms with E-state index in [0.29, 0.717) is 10.4 Å². The summed E-state index contributed by atoms with van der Waals surface area (Å²) < 4.78 is 26.1. The lowest BCUT2D eigenvalue weighted by Gasteiger charge is -2.21. The van der Waals surface area contributed by atoms with Crippen LogP contribution in [-0.4, -0.2) is 11.8 Å². The van der Waals surface area contributed by atoms with Crippen molar-refractivity contribution in [3.05, 3.63) is 16.0 Å². The van der Waals surface area contributed by atoms with E-state index in [4.69, 9.17) is 11.5 Å². The predicted molar refractivity (Wildman–Crippen MR) is 54.2 cm³/mol. The SMILES string of the molecule is NC(=O)c1c(N)sc2c1CCC(F)(F)C2. The van der Waals surface area contributed by atoms with Crippen LogP contribution in [0.2, 0.25) is 0 Å². The summed E-state index contributed by atoms with van der Waals surface area (Å²) in [6, 6.07) is 0. The molecular weight excluding hydrogens is 222 g/mol. The number of amides is 1. The van der Waals surface area contributed by atoms with E-state index in [2.05, 4.69) is 0 Å².